The lowest BCUT2D eigenvalue weighted by molar-refractivity contribution is -0.162. The smallest absolute Gasteiger partial charge is 0.306 e. The van der Waals surface area contributed by atoms with Crippen molar-refractivity contribution in [2.75, 3.05) is 7.11 Å². The van der Waals surface area contributed by atoms with E-state index in [4.69, 9.17) is 15.9 Å². The predicted octanol–water partition coefficient (Wildman–Crippen LogP) is 6.95. The highest BCUT2D eigenvalue weighted by molar-refractivity contribution is 5.69. The summed E-state index contributed by atoms with van der Waals surface area (Å²) in [6.45, 7) is 7.54. The fourth-order valence-corrected chi connectivity index (χ4v) is 9.53. The van der Waals surface area contributed by atoms with Gasteiger partial charge in [-0.15, -0.1) is 12.3 Å². The summed E-state index contributed by atoms with van der Waals surface area (Å²) in [6, 6.07) is 0. The van der Waals surface area contributed by atoms with E-state index in [0.29, 0.717) is 41.9 Å². The van der Waals surface area contributed by atoms with Crippen LogP contribution < -0.4 is 0 Å². The highest BCUT2D eigenvalue weighted by Gasteiger charge is 2.60. The minimum Gasteiger partial charge on any atom is -0.469 e. The molecule has 0 amide bonds. The Kier molecular flexibility index (Phi) is 8.24. The van der Waals surface area contributed by atoms with Crippen molar-refractivity contribution in [3.05, 3.63) is 0 Å². The van der Waals surface area contributed by atoms with E-state index >= 15 is 0 Å². The van der Waals surface area contributed by atoms with E-state index in [1.54, 1.807) is 0 Å². The van der Waals surface area contributed by atoms with Crippen LogP contribution in [0.4, 0.5) is 0 Å². The number of ether oxygens (including phenoxy) is 2. The molecule has 0 heterocycles. The van der Waals surface area contributed by atoms with Gasteiger partial charge in [-0.1, -0.05) is 20.8 Å². The number of rotatable bonds is 8. The Labute approximate surface area is 213 Å². The molecule has 0 spiro atoms. The third kappa shape index (κ3) is 5.17. The maximum absolute atomic E-state index is 12.3. The quantitative estimate of drug-likeness (QED) is 0.212. The number of unbranched alkanes of at least 4 members (excludes halogenated alkanes) is 1. The van der Waals surface area contributed by atoms with Crippen LogP contribution in [0.5, 0.6) is 0 Å². The lowest BCUT2D eigenvalue weighted by atomic mass is 9.44. The molecule has 196 valence electrons. The van der Waals surface area contributed by atoms with Crippen molar-refractivity contribution in [2.24, 2.45) is 46.3 Å². The number of carbonyl (C=O) groups is 2. The Morgan fingerprint density at radius 3 is 2.46 bits per heavy atom. The van der Waals surface area contributed by atoms with Crippen LogP contribution in [-0.2, 0) is 19.1 Å². The maximum Gasteiger partial charge on any atom is 0.306 e. The molecule has 0 radical (unpaired) electrons. The van der Waals surface area contributed by atoms with Gasteiger partial charge in [0.25, 0.3) is 0 Å². The van der Waals surface area contributed by atoms with Gasteiger partial charge in [-0.3, -0.25) is 9.59 Å². The summed E-state index contributed by atoms with van der Waals surface area (Å²) in [6.07, 6.45) is 20.0. The molecule has 0 aromatic rings. The monoisotopic (exact) mass is 484 g/mol. The van der Waals surface area contributed by atoms with Crippen LogP contribution in [0.2, 0.25) is 0 Å². The van der Waals surface area contributed by atoms with Crippen LogP contribution in [-0.4, -0.2) is 25.2 Å². The minimum atomic E-state index is -0.0691. The molecule has 0 aromatic carbocycles. The summed E-state index contributed by atoms with van der Waals surface area (Å²) in [5.74, 6) is 6.96. The molecule has 0 aromatic heterocycles. The molecule has 4 aliphatic carbocycles. The summed E-state index contributed by atoms with van der Waals surface area (Å²) < 4.78 is 10.8. The van der Waals surface area contributed by atoms with Gasteiger partial charge in [0.2, 0.25) is 0 Å². The number of hydrogen-bond donors (Lipinski definition) is 0. The van der Waals surface area contributed by atoms with Crippen molar-refractivity contribution in [3.63, 3.8) is 0 Å². The first-order chi connectivity index (χ1) is 16.7. The number of methoxy groups -OCH3 is 1. The molecule has 4 aliphatic rings. The van der Waals surface area contributed by atoms with Gasteiger partial charge in [0, 0.05) is 19.3 Å². The third-order valence-corrected chi connectivity index (χ3v) is 11.4. The second-order valence-corrected chi connectivity index (χ2v) is 12.9. The van der Waals surface area contributed by atoms with Crippen LogP contribution in [0.15, 0.2) is 0 Å². The molecule has 0 saturated heterocycles. The van der Waals surface area contributed by atoms with Crippen LogP contribution in [0.1, 0.15) is 111 Å². The Balaban J connectivity index is 1.37. The normalized spacial score (nSPS) is 41.0. The molecule has 4 nitrogen and oxygen atoms in total. The van der Waals surface area contributed by atoms with Crippen LogP contribution in [0.3, 0.4) is 0 Å². The molecule has 4 fully saturated rings. The molecular weight excluding hydrogens is 436 g/mol. The van der Waals surface area contributed by atoms with E-state index in [1.807, 2.05) is 0 Å². The van der Waals surface area contributed by atoms with E-state index in [1.165, 1.54) is 52.1 Å². The third-order valence-electron chi connectivity index (χ3n) is 11.4. The van der Waals surface area contributed by atoms with Crippen molar-refractivity contribution in [2.45, 2.75) is 117 Å². The lowest BCUT2D eigenvalue weighted by Gasteiger charge is -2.61. The van der Waals surface area contributed by atoms with E-state index < -0.39 is 0 Å². The number of carbonyl (C=O) groups excluding carboxylic acids is 2. The predicted molar refractivity (Wildman–Crippen MR) is 138 cm³/mol. The van der Waals surface area contributed by atoms with E-state index in [2.05, 4.69) is 26.7 Å². The van der Waals surface area contributed by atoms with Gasteiger partial charge in [0.1, 0.15) is 6.10 Å². The van der Waals surface area contributed by atoms with Crippen LogP contribution in [0.25, 0.3) is 0 Å². The first-order valence-electron chi connectivity index (χ1n) is 14.4. The first-order valence-corrected chi connectivity index (χ1v) is 14.4. The molecule has 0 aliphatic heterocycles. The zero-order valence-electron chi connectivity index (χ0n) is 22.7. The van der Waals surface area contributed by atoms with E-state index in [-0.39, 0.29) is 18.0 Å². The van der Waals surface area contributed by atoms with Gasteiger partial charge in [0.15, 0.2) is 0 Å². The number of terminal acetylenes is 1. The molecule has 0 unspecified atom stereocenters. The second-order valence-electron chi connectivity index (χ2n) is 12.9. The van der Waals surface area contributed by atoms with Gasteiger partial charge in [-0.2, -0.15) is 0 Å². The van der Waals surface area contributed by atoms with Crippen molar-refractivity contribution >= 4 is 11.9 Å². The standard InChI is InChI=1S/C31H48O4/c1-6-7-8-9-29(33)35-23-16-18-30(3)22(20-23)11-12-24-26-14-13-25(21(2)10-15-28(32)34-5)31(26,4)19-17-27(24)30/h1,21-27H,7-20H2,2-5H3/t21-,22-,23-,24+,25-,26+,27+,30+,31-/m1/s1. The van der Waals surface area contributed by atoms with Gasteiger partial charge in [-0.25, -0.2) is 0 Å². The SMILES string of the molecule is C#CCCCC(=O)O[C@@H]1CC[C@@]2(C)[C@H](CC[C@@H]3[C@@H]2CC[C@]2(C)[C@@H]([C@H](C)CCC(=O)OC)CC[C@@H]32)C1. The highest BCUT2D eigenvalue weighted by Crippen LogP contribution is 2.68. The average Bonchev–Trinajstić information content (AvgIpc) is 3.20. The fourth-order valence-electron chi connectivity index (χ4n) is 9.53. The topological polar surface area (TPSA) is 52.6 Å². The molecule has 9 atom stereocenters. The Morgan fingerprint density at radius 2 is 1.71 bits per heavy atom. The Bertz CT molecular complexity index is 813. The van der Waals surface area contributed by atoms with Gasteiger partial charge in [0.05, 0.1) is 7.11 Å². The average molecular weight is 485 g/mol. The first kappa shape index (κ1) is 26.6. The zero-order valence-corrected chi connectivity index (χ0v) is 22.7. The summed E-state index contributed by atoms with van der Waals surface area (Å²) in [4.78, 5) is 24.0. The summed E-state index contributed by atoms with van der Waals surface area (Å²) in [7, 11) is 1.50. The lowest BCUT2D eigenvalue weighted by Crippen LogP contribution is -2.54. The molecule has 35 heavy (non-hydrogen) atoms. The molecule has 0 N–H and O–H groups in total. The van der Waals surface area contributed by atoms with Crippen molar-refractivity contribution < 1.29 is 19.1 Å². The van der Waals surface area contributed by atoms with Crippen molar-refractivity contribution in [1.29, 1.82) is 0 Å². The minimum absolute atomic E-state index is 0.0608. The van der Waals surface area contributed by atoms with E-state index in [9.17, 15) is 9.59 Å². The Hall–Kier alpha value is -1.50. The number of hydrogen-bond acceptors (Lipinski definition) is 4. The highest BCUT2D eigenvalue weighted by atomic mass is 16.5. The summed E-state index contributed by atoms with van der Waals surface area (Å²) in [5.41, 5.74) is 0.816. The summed E-state index contributed by atoms with van der Waals surface area (Å²) >= 11 is 0. The zero-order chi connectivity index (χ0) is 25.2. The maximum atomic E-state index is 12.3. The van der Waals surface area contributed by atoms with Gasteiger partial charge >= 0.3 is 11.9 Å². The Morgan fingerprint density at radius 1 is 0.971 bits per heavy atom. The van der Waals surface area contributed by atoms with Gasteiger partial charge in [-0.05, 0) is 117 Å². The molecule has 4 saturated carbocycles. The molecule has 4 heteroatoms. The van der Waals surface area contributed by atoms with Crippen LogP contribution in [0, 0.1) is 58.7 Å². The number of fused-ring (bicyclic) bond motifs is 5. The van der Waals surface area contributed by atoms with Crippen LogP contribution >= 0.6 is 0 Å². The van der Waals surface area contributed by atoms with Crippen molar-refractivity contribution in [1.82, 2.24) is 0 Å². The summed E-state index contributed by atoms with van der Waals surface area (Å²) in [5, 5.41) is 0. The van der Waals surface area contributed by atoms with Crippen molar-refractivity contribution in [3.8, 4) is 12.3 Å². The van der Waals surface area contributed by atoms with E-state index in [0.717, 1.165) is 49.4 Å². The molecule has 4 rings (SSSR count). The largest absolute Gasteiger partial charge is 0.469 e. The number of esters is 2. The molecule has 0 bridgehead atoms. The fraction of sp³-hybridized carbons (Fsp3) is 0.871. The molecular formula is C31H48O4. The van der Waals surface area contributed by atoms with Gasteiger partial charge < -0.3 is 9.47 Å². The second kappa shape index (κ2) is 10.9.